The van der Waals surface area contributed by atoms with Crippen LogP contribution in [0.3, 0.4) is 0 Å². The highest BCUT2D eigenvalue weighted by molar-refractivity contribution is 6.34. The molecule has 1 heterocycles. The van der Waals surface area contributed by atoms with Crippen LogP contribution in [0.25, 0.3) is 0 Å². The first-order valence-electron chi connectivity index (χ1n) is 7.29. The van der Waals surface area contributed by atoms with Crippen molar-refractivity contribution in [2.45, 2.75) is 39.2 Å². The molecule has 4 heteroatoms. The maximum Gasteiger partial charge on any atom is 0.161 e. The minimum Gasteiger partial charge on any atom is -0.376 e. The van der Waals surface area contributed by atoms with Crippen LogP contribution < -0.4 is 4.90 Å². The van der Waals surface area contributed by atoms with Gasteiger partial charge in [0.05, 0.1) is 11.1 Å². The van der Waals surface area contributed by atoms with Crippen LogP contribution in [0.2, 0.25) is 5.02 Å². The molecule has 1 saturated heterocycles. The van der Waals surface area contributed by atoms with E-state index < -0.39 is 0 Å². The summed E-state index contributed by atoms with van der Waals surface area (Å²) < 4.78 is 5.85. The van der Waals surface area contributed by atoms with Crippen molar-refractivity contribution in [2.24, 2.45) is 0 Å². The summed E-state index contributed by atoms with van der Waals surface area (Å²) >= 11 is 6.18. The second kappa shape index (κ2) is 7.09. The number of Topliss-reactive ketones (excluding diaryl/α,β-unsaturated/α-hetero) is 1. The zero-order valence-corrected chi connectivity index (χ0v) is 12.9. The van der Waals surface area contributed by atoms with Crippen LogP contribution in [0.5, 0.6) is 0 Å². The minimum atomic E-state index is 0.00403. The van der Waals surface area contributed by atoms with Crippen LogP contribution in [0, 0.1) is 0 Å². The monoisotopic (exact) mass is 295 g/mol. The van der Waals surface area contributed by atoms with E-state index in [1.54, 1.807) is 0 Å². The van der Waals surface area contributed by atoms with E-state index >= 15 is 0 Å². The van der Waals surface area contributed by atoms with Gasteiger partial charge in [-0.1, -0.05) is 18.5 Å². The van der Waals surface area contributed by atoms with Gasteiger partial charge < -0.3 is 9.64 Å². The molecular formula is C16H22ClNO2. The Hall–Kier alpha value is -1.06. The lowest BCUT2D eigenvalue weighted by Crippen LogP contribution is -2.39. The summed E-state index contributed by atoms with van der Waals surface area (Å²) in [7, 11) is 0. The predicted molar refractivity (Wildman–Crippen MR) is 82.9 cm³/mol. The summed E-state index contributed by atoms with van der Waals surface area (Å²) in [6.07, 6.45) is 3.60. The largest absolute Gasteiger partial charge is 0.376 e. The molecule has 1 unspecified atom stereocenters. The smallest absolute Gasteiger partial charge is 0.161 e. The zero-order valence-electron chi connectivity index (χ0n) is 12.2. The molecule has 0 N–H and O–H groups in total. The Bertz CT molecular complexity index is 476. The molecule has 1 aliphatic rings. The van der Waals surface area contributed by atoms with Crippen molar-refractivity contribution in [1.82, 2.24) is 0 Å². The van der Waals surface area contributed by atoms with Gasteiger partial charge in [0.25, 0.3) is 0 Å². The topological polar surface area (TPSA) is 29.5 Å². The van der Waals surface area contributed by atoms with Gasteiger partial charge in [0.15, 0.2) is 5.78 Å². The van der Waals surface area contributed by atoms with Gasteiger partial charge in [-0.25, -0.2) is 0 Å². The number of ketones is 1. The molecule has 0 spiro atoms. The van der Waals surface area contributed by atoms with Gasteiger partial charge in [-0.3, -0.25) is 4.79 Å². The molecule has 1 aliphatic heterocycles. The van der Waals surface area contributed by atoms with Crippen LogP contribution in [0.15, 0.2) is 18.2 Å². The maximum atomic E-state index is 11.4. The summed E-state index contributed by atoms with van der Waals surface area (Å²) in [5.74, 6) is 0.00403. The fourth-order valence-corrected chi connectivity index (χ4v) is 2.89. The first-order valence-corrected chi connectivity index (χ1v) is 7.66. The van der Waals surface area contributed by atoms with E-state index in [-0.39, 0.29) is 5.78 Å². The van der Waals surface area contributed by atoms with E-state index in [1.165, 1.54) is 6.92 Å². The molecule has 20 heavy (non-hydrogen) atoms. The number of ether oxygens (including phenoxy) is 1. The van der Waals surface area contributed by atoms with Gasteiger partial charge in [-0.05, 0) is 44.4 Å². The van der Waals surface area contributed by atoms with E-state index in [0.717, 1.165) is 44.6 Å². The highest BCUT2D eigenvalue weighted by Crippen LogP contribution is 2.27. The summed E-state index contributed by atoms with van der Waals surface area (Å²) in [6, 6.07) is 5.68. The third-order valence-corrected chi connectivity index (χ3v) is 3.95. The van der Waals surface area contributed by atoms with E-state index in [0.29, 0.717) is 16.7 Å². The Morgan fingerprint density at radius 1 is 1.50 bits per heavy atom. The molecule has 1 aromatic carbocycles. The van der Waals surface area contributed by atoms with Gasteiger partial charge in [0.1, 0.15) is 0 Å². The van der Waals surface area contributed by atoms with Crippen molar-refractivity contribution in [3.05, 3.63) is 28.8 Å². The van der Waals surface area contributed by atoms with E-state index in [1.807, 2.05) is 18.2 Å². The zero-order chi connectivity index (χ0) is 14.5. The van der Waals surface area contributed by atoms with Gasteiger partial charge >= 0.3 is 0 Å². The number of nitrogens with zero attached hydrogens (tertiary/aromatic N) is 1. The number of hydrogen-bond donors (Lipinski definition) is 0. The summed E-state index contributed by atoms with van der Waals surface area (Å²) in [5, 5.41) is 0.534. The number of anilines is 1. The SMILES string of the molecule is CCCOC1CCCN(c2ccc(C(C)=O)c(Cl)c2)C1. The third kappa shape index (κ3) is 3.74. The van der Waals surface area contributed by atoms with Crippen molar-refractivity contribution in [3.63, 3.8) is 0 Å². The van der Waals surface area contributed by atoms with Crippen LogP contribution in [0.4, 0.5) is 5.69 Å². The average Bonchev–Trinajstić information content (AvgIpc) is 2.45. The Balaban J connectivity index is 2.07. The number of piperidine rings is 1. The van der Waals surface area contributed by atoms with Crippen molar-refractivity contribution in [3.8, 4) is 0 Å². The normalized spacial score (nSPS) is 19.1. The first-order chi connectivity index (χ1) is 9.61. The lowest BCUT2D eigenvalue weighted by atomic mass is 10.1. The van der Waals surface area contributed by atoms with Crippen molar-refractivity contribution < 1.29 is 9.53 Å². The van der Waals surface area contributed by atoms with E-state index in [2.05, 4.69) is 11.8 Å². The lowest BCUT2D eigenvalue weighted by molar-refractivity contribution is 0.0440. The van der Waals surface area contributed by atoms with Gasteiger partial charge in [-0.15, -0.1) is 0 Å². The number of carbonyl (C=O) groups is 1. The number of halogens is 1. The van der Waals surface area contributed by atoms with E-state index in [9.17, 15) is 4.79 Å². The number of benzene rings is 1. The Morgan fingerprint density at radius 2 is 2.30 bits per heavy atom. The molecule has 0 saturated carbocycles. The lowest BCUT2D eigenvalue weighted by Gasteiger charge is -2.34. The van der Waals surface area contributed by atoms with Crippen molar-refractivity contribution in [2.75, 3.05) is 24.6 Å². The summed E-state index contributed by atoms with van der Waals surface area (Å²) in [4.78, 5) is 13.7. The van der Waals surface area contributed by atoms with Crippen molar-refractivity contribution in [1.29, 1.82) is 0 Å². The van der Waals surface area contributed by atoms with Gasteiger partial charge in [0, 0.05) is 30.9 Å². The standard InChI is InChI=1S/C16H22ClNO2/c1-3-9-20-14-5-4-8-18(11-14)13-6-7-15(12(2)19)16(17)10-13/h6-7,10,14H,3-5,8-9,11H2,1-2H3. The Labute approximate surface area is 125 Å². The highest BCUT2D eigenvalue weighted by atomic mass is 35.5. The van der Waals surface area contributed by atoms with Gasteiger partial charge in [0.2, 0.25) is 0 Å². The molecule has 1 aromatic rings. The Kier molecular flexibility index (Phi) is 5.44. The van der Waals surface area contributed by atoms with Crippen molar-refractivity contribution >= 4 is 23.1 Å². The average molecular weight is 296 g/mol. The van der Waals surface area contributed by atoms with Crippen LogP contribution in [-0.2, 0) is 4.74 Å². The third-order valence-electron chi connectivity index (χ3n) is 3.63. The molecule has 0 amide bonds. The minimum absolute atomic E-state index is 0.00403. The second-order valence-electron chi connectivity index (χ2n) is 5.30. The molecule has 110 valence electrons. The van der Waals surface area contributed by atoms with Crippen LogP contribution in [0.1, 0.15) is 43.5 Å². The molecule has 1 fully saturated rings. The molecular weight excluding hydrogens is 274 g/mol. The van der Waals surface area contributed by atoms with Crippen LogP contribution in [-0.4, -0.2) is 31.6 Å². The Morgan fingerprint density at radius 3 is 2.95 bits per heavy atom. The molecule has 0 bridgehead atoms. The molecule has 2 rings (SSSR count). The second-order valence-corrected chi connectivity index (χ2v) is 5.71. The fourth-order valence-electron chi connectivity index (χ4n) is 2.58. The first kappa shape index (κ1) is 15.3. The molecule has 0 radical (unpaired) electrons. The summed E-state index contributed by atoms with van der Waals surface area (Å²) in [6.45, 7) is 6.40. The number of rotatable bonds is 5. The predicted octanol–water partition coefficient (Wildman–Crippen LogP) is 3.94. The van der Waals surface area contributed by atoms with Gasteiger partial charge in [-0.2, -0.15) is 0 Å². The van der Waals surface area contributed by atoms with E-state index in [4.69, 9.17) is 16.3 Å². The molecule has 3 nitrogen and oxygen atoms in total. The fraction of sp³-hybridized carbons (Fsp3) is 0.562. The molecule has 0 aliphatic carbocycles. The molecule has 0 aromatic heterocycles. The number of hydrogen-bond acceptors (Lipinski definition) is 3. The highest BCUT2D eigenvalue weighted by Gasteiger charge is 2.21. The van der Waals surface area contributed by atoms with Crippen LogP contribution >= 0.6 is 11.6 Å². The quantitative estimate of drug-likeness (QED) is 0.771. The molecule has 1 atom stereocenters. The summed E-state index contributed by atoms with van der Waals surface area (Å²) in [5.41, 5.74) is 1.66. The number of carbonyl (C=O) groups excluding carboxylic acids is 1. The maximum absolute atomic E-state index is 11.4.